The second-order valence-electron chi connectivity index (χ2n) is 4.51. The molecule has 7 nitrogen and oxygen atoms in total. The number of aromatic nitrogens is 3. The number of thiazole rings is 1. The number of hydrogen-bond acceptors (Lipinski definition) is 7. The normalized spacial score (nSPS) is 10.9. The Morgan fingerprint density at radius 1 is 1.52 bits per heavy atom. The van der Waals surface area contributed by atoms with Crippen LogP contribution in [-0.2, 0) is 4.74 Å². The summed E-state index contributed by atoms with van der Waals surface area (Å²) in [6.45, 7) is 1.82. The first-order valence-electron chi connectivity index (χ1n) is 6.61. The maximum atomic E-state index is 12.6. The molecule has 2 N–H and O–H groups in total. The van der Waals surface area contributed by atoms with Crippen molar-refractivity contribution in [3.05, 3.63) is 44.8 Å². The summed E-state index contributed by atoms with van der Waals surface area (Å²) in [6, 6.07) is 1.37. The zero-order valence-corrected chi connectivity index (χ0v) is 13.5. The van der Waals surface area contributed by atoms with Gasteiger partial charge in [0.2, 0.25) is 5.43 Å². The Balaban J connectivity index is 2.43. The lowest BCUT2D eigenvalue weighted by Crippen LogP contribution is -2.22. The number of hydrogen-bond donors (Lipinski definition) is 1. The molecule has 9 heteroatoms. The molecule has 0 saturated carbocycles. The second kappa shape index (κ2) is 5.98. The lowest BCUT2D eigenvalue weighted by atomic mass is 10.1. The van der Waals surface area contributed by atoms with E-state index in [1.165, 1.54) is 28.2 Å². The van der Waals surface area contributed by atoms with Gasteiger partial charge in [-0.15, -0.1) is 11.3 Å². The molecule has 3 aromatic rings. The number of anilines is 1. The molecule has 3 aromatic heterocycles. The molecule has 0 aliphatic carbocycles. The summed E-state index contributed by atoms with van der Waals surface area (Å²) < 4.78 is 6.45. The van der Waals surface area contributed by atoms with Crippen molar-refractivity contribution in [2.45, 2.75) is 6.92 Å². The quantitative estimate of drug-likeness (QED) is 0.574. The Hall–Kier alpha value is -2.45. The Morgan fingerprint density at radius 2 is 2.30 bits per heavy atom. The van der Waals surface area contributed by atoms with Crippen LogP contribution in [0.5, 0.6) is 0 Å². The number of nitrogens with two attached hydrogens (primary N) is 1. The molecule has 23 heavy (non-hydrogen) atoms. The summed E-state index contributed by atoms with van der Waals surface area (Å²) in [4.78, 5) is 33.0. The van der Waals surface area contributed by atoms with Crippen molar-refractivity contribution in [2.24, 2.45) is 0 Å². The fourth-order valence-corrected chi connectivity index (χ4v) is 2.96. The summed E-state index contributed by atoms with van der Waals surface area (Å²) in [5, 5.41) is 2.53. The number of carbonyl (C=O) groups excluding carboxylic acids is 1. The van der Waals surface area contributed by atoms with Gasteiger partial charge in [0.05, 0.1) is 12.0 Å². The average molecular weight is 351 g/mol. The van der Waals surface area contributed by atoms with E-state index in [9.17, 15) is 9.59 Å². The van der Waals surface area contributed by atoms with Crippen LogP contribution in [0.25, 0.3) is 16.2 Å². The fraction of sp³-hybridized carbons (Fsp3) is 0.143. The molecule has 3 rings (SSSR count). The molecule has 0 saturated heterocycles. The summed E-state index contributed by atoms with van der Waals surface area (Å²) in [5.41, 5.74) is 5.61. The maximum absolute atomic E-state index is 12.6. The van der Waals surface area contributed by atoms with Gasteiger partial charge in [0, 0.05) is 23.5 Å². The van der Waals surface area contributed by atoms with Crippen LogP contribution in [-0.4, -0.2) is 27.1 Å². The number of halogens is 1. The number of esters is 1. The zero-order chi connectivity index (χ0) is 16.6. The van der Waals surface area contributed by atoms with Crippen molar-refractivity contribution < 1.29 is 9.53 Å². The van der Waals surface area contributed by atoms with Gasteiger partial charge in [-0.2, -0.15) is 0 Å². The highest BCUT2D eigenvalue weighted by Gasteiger charge is 2.20. The highest BCUT2D eigenvalue weighted by molar-refractivity contribution is 7.12. The predicted molar refractivity (Wildman–Crippen MR) is 88.4 cm³/mol. The molecule has 3 heterocycles. The minimum absolute atomic E-state index is 0.107. The van der Waals surface area contributed by atoms with E-state index in [-0.39, 0.29) is 34.0 Å². The van der Waals surface area contributed by atoms with Crippen LogP contribution in [0.15, 0.2) is 28.6 Å². The number of rotatable bonds is 3. The molecule has 0 radical (unpaired) electrons. The topological polar surface area (TPSA) is 100 Å². The van der Waals surface area contributed by atoms with Gasteiger partial charge in [-0.05, 0) is 13.0 Å². The van der Waals surface area contributed by atoms with E-state index >= 15 is 0 Å². The Kier molecular flexibility index (Phi) is 4.01. The van der Waals surface area contributed by atoms with Gasteiger partial charge >= 0.3 is 5.97 Å². The first kappa shape index (κ1) is 15.4. The average Bonchev–Trinajstić information content (AvgIpc) is 3.01. The summed E-state index contributed by atoms with van der Waals surface area (Å²) in [6.07, 6.45) is 2.95. The Labute approximate surface area is 139 Å². The highest BCUT2D eigenvalue weighted by Crippen LogP contribution is 2.24. The number of nitrogen functional groups attached to an aromatic ring is 1. The second-order valence-corrected chi connectivity index (χ2v) is 5.77. The molecule has 0 aliphatic heterocycles. The van der Waals surface area contributed by atoms with Crippen LogP contribution in [0.1, 0.15) is 17.3 Å². The smallest absolute Gasteiger partial charge is 0.343 e. The molecule has 0 amide bonds. The van der Waals surface area contributed by atoms with E-state index in [0.29, 0.717) is 5.13 Å². The van der Waals surface area contributed by atoms with E-state index in [2.05, 4.69) is 9.97 Å². The van der Waals surface area contributed by atoms with Crippen LogP contribution in [0.4, 0.5) is 5.69 Å². The van der Waals surface area contributed by atoms with Crippen molar-refractivity contribution in [3.8, 4) is 5.13 Å². The minimum atomic E-state index is -0.723. The third-order valence-electron chi connectivity index (χ3n) is 3.08. The number of carbonyl (C=O) groups is 1. The molecule has 0 bridgehead atoms. The van der Waals surface area contributed by atoms with E-state index in [0.717, 1.165) is 0 Å². The van der Waals surface area contributed by atoms with Crippen molar-refractivity contribution in [1.29, 1.82) is 0 Å². The van der Waals surface area contributed by atoms with E-state index in [1.54, 1.807) is 18.5 Å². The number of nitrogens with zero attached hydrogens (tertiary/aromatic N) is 3. The van der Waals surface area contributed by atoms with Crippen molar-refractivity contribution in [1.82, 2.24) is 14.5 Å². The third-order valence-corrected chi connectivity index (χ3v) is 4.04. The van der Waals surface area contributed by atoms with Gasteiger partial charge in [-0.3, -0.25) is 9.36 Å². The molecule has 0 aliphatic rings. The molecule has 0 fully saturated rings. The van der Waals surface area contributed by atoms with Gasteiger partial charge in [-0.25, -0.2) is 14.8 Å². The van der Waals surface area contributed by atoms with Gasteiger partial charge in [0.15, 0.2) is 10.8 Å². The largest absolute Gasteiger partial charge is 0.462 e. The SMILES string of the molecule is CCOC(=O)c1cn(-c2nccs2)c2nc(Cl)cc(N)c2c1=O. The minimum Gasteiger partial charge on any atom is -0.462 e. The van der Waals surface area contributed by atoms with E-state index < -0.39 is 11.4 Å². The van der Waals surface area contributed by atoms with Gasteiger partial charge in [0.1, 0.15) is 10.7 Å². The number of ether oxygens (including phenoxy) is 1. The summed E-state index contributed by atoms with van der Waals surface area (Å²) in [7, 11) is 0. The number of pyridine rings is 2. The van der Waals surface area contributed by atoms with Crippen LogP contribution in [0.3, 0.4) is 0 Å². The monoisotopic (exact) mass is 350 g/mol. The maximum Gasteiger partial charge on any atom is 0.343 e. The zero-order valence-electron chi connectivity index (χ0n) is 11.9. The van der Waals surface area contributed by atoms with Crippen LogP contribution >= 0.6 is 22.9 Å². The van der Waals surface area contributed by atoms with Crippen LogP contribution in [0.2, 0.25) is 5.15 Å². The summed E-state index contributed by atoms with van der Waals surface area (Å²) in [5.74, 6) is -0.723. The first-order valence-corrected chi connectivity index (χ1v) is 7.87. The lowest BCUT2D eigenvalue weighted by molar-refractivity contribution is 0.0524. The van der Waals surface area contributed by atoms with Gasteiger partial charge in [0.25, 0.3) is 0 Å². The molecular formula is C14H11ClN4O3S. The lowest BCUT2D eigenvalue weighted by Gasteiger charge is -2.11. The predicted octanol–water partition coefficient (Wildman–Crippen LogP) is 2.25. The van der Waals surface area contributed by atoms with Gasteiger partial charge < -0.3 is 10.5 Å². The van der Waals surface area contributed by atoms with Crippen LogP contribution < -0.4 is 11.2 Å². The van der Waals surface area contributed by atoms with Crippen LogP contribution in [0, 0.1) is 0 Å². The molecular weight excluding hydrogens is 340 g/mol. The van der Waals surface area contributed by atoms with Crippen molar-refractivity contribution >= 4 is 45.6 Å². The first-order chi connectivity index (χ1) is 11.0. The van der Waals surface area contributed by atoms with Crippen molar-refractivity contribution in [3.63, 3.8) is 0 Å². The molecule has 0 spiro atoms. The van der Waals surface area contributed by atoms with E-state index in [4.69, 9.17) is 22.1 Å². The molecule has 0 unspecified atom stereocenters. The standard InChI is InChI=1S/C14H11ClN4O3S/c1-2-22-13(21)7-6-19(14-17-3-4-23-14)12-10(11(7)20)8(16)5-9(15)18-12/h3-6H,2H2,1H3,(H2,16,18). The molecule has 118 valence electrons. The van der Waals surface area contributed by atoms with E-state index in [1.807, 2.05) is 0 Å². The molecule has 0 aromatic carbocycles. The fourth-order valence-electron chi connectivity index (χ4n) is 2.14. The van der Waals surface area contributed by atoms with Gasteiger partial charge in [-0.1, -0.05) is 11.6 Å². The Bertz CT molecular complexity index is 953. The summed E-state index contributed by atoms with van der Waals surface area (Å²) >= 11 is 7.26. The number of fused-ring (bicyclic) bond motifs is 1. The van der Waals surface area contributed by atoms with Crippen molar-refractivity contribution in [2.75, 3.05) is 12.3 Å². The molecule has 0 atom stereocenters. The third kappa shape index (κ3) is 2.66. The Morgan fingerprint density at radius 3 is 2.96 bits per heavy atom. The highest BCUT2D eigenvalue weighted by atomic mass is 35.5.